The van der Waals surface area contributed by atoms with Crippen molar-refractivity contribution in [2.24, 2.45) is 5.92 Å². The van der Waals surface area contributed by atoms with Crippen molar-refractivity contribution in [2.45, 2.75) is 65.5 Å². The van der Waals surface area contributed by atoms with E-state index < -0.39 is 11.6 Å². The van der Waals surface area contributed by atoms with Gasteiger partial charge in [0, 0.05) is 25.6 Å². The molecule has 7 nitrogen and oxygen atoms in total. The minimum Gasteiger partial charge on any atom is -0.444 e. The largest absolute Gasteiger partial charge is 0.444 e. The van der Waals surface area contributed by atoms with Gasteiger partial charge in [-0.05, 0) is 47.0 Å². The van der Waals surface area contributed by atoms with Crippen LogP contribution < -0.4 is 10.6 Å². The number of nitrogens with one attached hydrogen (secondary N) is 2. The quantitative estimate of drug-likeness (QED) is 0.796. The monoisotopic (exact) mass is 341 g/mol. The SMILES string of the molecule is CCCNC(=O)[C@H](C)NC(=O)C1CCN(C(=O)OC(C)(C)C)CC1. The van der Waals surface area contributed by atoms with E-state index in [0.717, 1.165) is 6.42 Å². The van der Waals surface area contributed by atoms with Crippen molar-refractivity contribution in [1.29, 1.82) is 0 Å². The first-order valence-electron chi connectivity index (χ1n) is 8.70. The van der Waals surface area contributed by atoms with Crippen LogP contribution in [0.3, 0.4) is 0 Å². The molecule has 1 aliphatic heterocycles. The fraction of sp³-hybridized carbons (Fsp3) is 0.824. The van der Waals surface area contributed by atoms with Crippen molar-refractivity contribution in [3.63, 3.8) is 0 Å². The number of likely N-dealkylation sites (tertiary alicyclic amines) is 1. The summed E-state index contributed by atoms with van der Waals surface area (Å²) in [5.74, 6) is -0.473. The lowest BCUT2D eigenvalue weighted by molar-refractivity contribution is -0.131. The van der Waals surface area contributed by atoms with E-state index in [1.165, 1.54) is 0 Å². The molecule has 7 heteroatoms. The summed E-state index contributed by atoms with van der Waals surface area (Å²) < 4.78 is 5.34. The standard InChI is InChI=1S/C17H31N3O4/c1-6-9-18-14(21)12(2)19-15(22)13-7-10-20(11-8-13)16(23)24-17(3,4)5/h12-13H,6-11H2,1-5H3,(H,18,21)(H,19,22)/t12-/m0/s1. The first kappa shape index (κ1) is 20.3. The maximum absolute atomic E-state index is 12.3. The third kappa shape index (κ3) is 6.76. The fourth-order valence-corrected chi connectivity index (χ4v) is 2.45. The molecule has 0 aromatic carbocycles. The number of carbonyl (C=O) groups is 3. The van der Waals surface area contributed by atoms with Crippen LogP contribution in [0.15, 0.2) is 0 Å². The molecule has 1 atom stereocenters. The summed E-state index contributed by atoms with van der Waals surface area (Å²) in [6.45, 7) is 10.7. The molecule has 1 aliphatic rings. The van der Waals surface area contributed by atoms with Crippen LogP contribution in [-0.4, -0.2) is 54.1 Å². The zero-order valence-corrected chi connectivity index (χ0v) is 15.5. The first-order valence-corrected chi connectivity index (χ1v) is 8.70. The Balaban J connectivity index is 2.40. The van der Waals surface area contributed by atoms with Gasteiger partial charge in [0.15, 0.2) is 0 Å². The lowest BCUT2D eigenvalue weighted by atomic mass is 9.96. The molecular formula is C17H31N3O4. The van der Waals surface area contributed by atoms with E-state index in [2.05, 4.69) is 10.6 Å². The van der Waals surface area contributed by atoms with E-state index in [9.17, 15) is 14.4 Å². The van der Waals surface area contributed by atoms with Gasteiger partial charge in [-0.3, -0.25) is 9.59 Å². The van der Waals surface area contributed by atoms with Crippen LogP contribution in [0.1, 0.15) is 53.9 Å². The molecule has 0 spiro atoms. The number of ether oxygens (including phenoxy) is 1. The second kappa shape index (κ2) is 8.89. The highest BCUT2D eigenvalue weighted by molar-refractivity contribution is 5.88. The number of hydrogen-bond donors (Lipinski definition) is 2. The van der Waals surface area contributed by atoms with Crippen molar-refractivity contribution in [3.8, 4) is 0 Å². The average molecular weight is 341 g/mol. The fourth-order valence-electron chi connectivity index (χ4n) is 2.45. The Bertz CT molecular complexity index is 451. The molecule has 0 aromatic heterocycles. The molecule has 138 valence electrons. The molecule has 0 bridgehead atoms. The number of amides is 3. The molecule has 1 rings (SSSR count). The van der Waals surface area contributed by atoms with Gasteiger partial charge in [0.05, 0.1) is 0 Å². The Morgan fingerprint density at radius 1 is 1.21 bits per heavy atom. The minimum atomic E-state index is -0.548. The predicted molar refractivity (Wildman–Crippen MR) is 91.4 cm³/mol. The predicted octanol–water partition coefficient (Wildman–Crippen LogP) is 1.66. The molecule has 0 unspecified atom stereocenters. The summed E-state index contributed by atoms with van der Waals surface area (Å²) >= 11 is 0. The van der Waals surface area contributed by atoms with Crippen LogP contribution in [-0.2, 0) is 14.3 Å². The van der Waals surface area contributed by atoms with Crippen molar-refractivity contribution in [3.05, 3.63) is 0 Å². The summed E-state index contributed by atoms with van der Waals surface area (Å²) in [5.41, 5.74) is -0.521. The normalized spacial score (nSPS) is 17.1. The van der Waals surface area contributed by atoms with Gasteiger partial charge in [-0.15, -0.1) is 0 Å². The zero-order chi connectivity index (χ0) is 18.3. The van der Waals surface area contributed by atoms with Crippen LogP contribution >= 0.6 is 0 Å². The van der Waals surface area contributed by atoms with E-state index in [1.807, 2.05) is 27.7 Å². The van der Waals surface area contributed by atoms with Crippen molar-refractivity contribution >= 4 is 17.9 Å². The van der Waals surface area contributed by atoms with Gasteiger partial charge in [-0.1, -0.05) is 6.92 Å². The topological polar surface area (TPSA) is 87.7 Å². The number of piperidine rings is 1. The van der Waals surface area contributed by atoms with Crippen LogP contribution in [0.4, 0.5) is 4.79 Å². The lowest BCUT2D eigenvalue weighted by Gasteiger charge is -2.33. The van der Waals surface area contributed by atoms with Gasteiger partial charge in [0.25, 0.3) is 0 Å². The van der Waals surface area contributed by atoms with Crippen molar-refractivity contribution in [2.75, 3.05) is 19.6 Å². The number of rotatable bonds is 5. The lowest BCUT2D eigenvalue weighted by Crippen LogP contribution is -2.49. The molecule has 1 heterocycles. The third-order valence-corrected chi connectivity index (χ3v) is 3.82. The molecule has 0 saturated carbocycles. The number of nitrogens with zero attached hydrogens (tertiary/aromatic N) is 1. The molecular weight excluding hydrogens is 310 g/mol. The van der Waals surface area contributed by atoms with Crippen molar-refractivity contribution in [1.82, 2.24) is 15.5 Å². The van der Waals surface area contributed by atoms with Crippen LogP contribution in [0, 0.1) is 5.92 Å². The molecule has 0 aliphatic carbocycles. The Labute approximate surface area is 144 Å². The summed E-state index contributed by atoms with van der Waals surface area (Å²) in [4.78, 5) is 37.7. The Hall–Kier alpha value is -1.79. The van der Waals surface area contributed by atoms with Gasteiger partial charge in [0.2, 0.25) is 11.8 Å². The van der Waals surface area contributed by atoms with E-state index >= 15 is 0 Å². The highest BCUT2D eigenvalue weighted by Gasteiger charge is 2.30. The number of carbonyl (C=O) groups excluding carboxylic acids is 3. The van der Waals surface area contributed by atoms with Gasteiger partial charge in [0.1, 0.15) is 11.6 Å². The maximum Gasteiger partial charge on any atom is 0.410 e. The number of hydrogen-bond acceptors (Lipinski definition) is 4. The smallest absolute Gasteiger partial charge is 0.410 e. The van der Waals surface area contributed by atoms with Gasteiger partial charge < -0.3 is 20.3 Å². The third-order valence-electron chi connectivity index (χ3n) is 3.82. The Morgan fingerprint density at radius 3 is 2.29 bits per heavy atom. The zero-order valence-electron chi connectivity index (χ0n) is 15.5. The molecule has 1 saturated heterocycles. The molecule has 1 fully saturated rings. The van der Waals surface area contributed by atoms with Gasteiger partial charge in [-0.25, -0.2) is 4.79 Å². The second-order valence-corrected chi connectivity index (χ2v) is 7.26. The highest BCUT2D eigenvalue weighted by atomic mass is 16.6. The molecule has 3 amide bonds. The summed E-state index contributed by atoms with van der Waals surface area (Å²) in [6.07, 6.45) is 1.67. The summed E-state index contributed by atoms with van der Waals surface area (Å²) in [7, 11) is 0. The van der Waals surface area contributed by atoms with Gasteiger partial charge in [-0.2, -0.15) is 0 Å². The van der Waals surface area contributed by atoms with Crippen LogP contribution in [0.25, 0.3) is 0 Å². The van der Waals surface area contributed by atoms with Crippen LogP contribution in [0.2, 0.25) is 0 Å². The van der Waals surface area contributed by atoms with Gasteiger partial charge >= 0.3 is 6.09 Å². The highest BCUT2D eigenvalue weighted by Crippen LogP contribution is 2.20. The minimum absolute atomic E-state index is 0.127. The molecule has 2 N–H and O–H groups in total. The molecule has 0 aromatic rings. The second-order valence-electron chi connectivity index (χ2n) is 7.26. The Morgan fingerprint density at radius 2 is 1.79 bits per heavy atom. The summed E-state index contributed by atoms with van der Waals surface area (Å²) in [5, 5.41) is 5.52. The van der Waals surface area contributed by atoms with E-state index in [0.29, 0.717) is 32.5 Å². The van der Waals surface area contributed by atoms with E-state index in [-0.39, 0.29) is 23.8 Å². The maximum atomic E-state index is 12.3. The van der Waals surface area contributed by atoms with E-state index in [1.54, 1.807) is 11.8 Å². The van der Waals surface area contributed by atoms with Crippen LogP contribution in [0.5, 0.6) is 0 Å². The summed E-state index contributed by atoms with van der Waals surface area (Å²) in [6, 6.07) is -0.548. The van der Waals surface area contributed by atoms with Crippen molar-refractivity contribution < 1.29 is 19.1 Å². The molecule has 0 radical (unpaired) electrons. The Kier molecular flexibility index (Phi) is 7.51. The average Bonchev–Trinajstić information content (AvgIpc) is 2.50. The first-order chi connectivity index (χ1) is 11.1. The molecule has 24 heavy (non-hydrogen) atoms. The van der Waals surface area contributed by atoms with E-state index in [4.69, 9.17) is 4.74 Å².